The first kappa shape index (κ1) is 32.4. The molecule has 0 atom stereocenters. The second-order valence-electron chi connectivity index (χ2n) is 11.3. The number of rotatable bonds is 3. The van der Waals surface area contributed by atoms with Crippen LogP contribution in [0.5, 0.6) is 0 Å². The Morgan fingerprint density at radius 2 is 1.57 bits per heavy atom. The topological polar surface area (TPSA) is 42.2 Å². The van der Waals surface area contributed by atoms with Crippen molar-refractivity contribution in [1.29, 1.82) is 0 Å². The molecular formula is C33H53N3O. The minimum atomic E-state index is 0.137. The van der Waals surface area contributed by atoms with Crippen LogP contribution in [-0.2, 0) is 11.8 Å². The molecule has 1 saturated carbocycles. The fourth-order valence-corrected chi connectivity index (χ4v) is 4.49. The van der Waals surface area contributed by atoms with Crippen molar-refractivity contribution >= 4 is 16.7 Å². The van der Waals surface area contributed by atoms with Gasteiger partial charge in [0, 0.05) is 24.9 Å². The highest BCUT2D eigenvalue weighted by Crippen LogP contribution is 2.30. The van der Waals surface area contributed by atoms with Gasteiger partial charge in [-0.3, -0.25) is 0 Å². The lowest BCUT2D eigenvalue weighted by Crippen LogP contribution is -2.12. The van der Waals surface area contributed by atoms with E-state index in [1.807, 2.05) is 57.1 Å². The molecule has 0 N–H and O–H groups in total. The Morgan fingerprint density at radius 3 is 2.03 bits per heavy atom. The molecule has 0 spiro atoms. The Balaban J connectivity index is 0.000000274. The summed E-state index contributed by atoms with van der Waals surface area (Å²) in [5, 5.41) is 1.10. The summed E-state index contributed by atoms with van der Waals surface area (Å²) in [6.07, 6.45) is 8.44. The molecule has 1 fully saturated rings. The molecule has 1 aliphatic rings. The molecule has 1 aromatic carbocycles. The average Bonchev–Trinajstić information content (AvgIpc) is 3.27. The summed E-state index contributed by atoms with van der Waals surface area (Å²) >= 11 is 0. The van der Waals surface area contributed by atoms with Crippen molar-refractivity contribution in [3.63, 3.8) is 0 Å². The first-order valence-electron chi connectivity index (χ1n) is 14.0. The molecule has 2 heterocycles. The summed E-state index contributed by atoms with van der Waals surface area (Å²) in [6, 6.07) is 10.2. The van der Waals surface area contributed by atoms with Crippen LogP contribution in [0, 0.1) is 25.7 Å². The second kappa shape index (κ2) is 15.6. The molecular weight excluding hydrogens is 454 g/mol. The molecule has 2 aromatic heterocycles. The second-order valence-corrected chi connectivity index (χ2v) is 11.3. The predicted octanol–water partition coefficient (Wildman–Crippen LogP) is 9.48. The van der Waals surface area contributed by atoms with E-state index in [-0.39, 0.29) is 5.41 Å². The van der Waals surface area contributed by atoms with Gasteiger partial charge in [-0.25, -0.2) is 9.97 Å². The van der Waals surface area contributed by atoms with Gasteiger partial charge < -0.3 is 9.32 Å². The Kier molecular flexibility index (Phi) is 13.7. The van der Waals surface area contributed by atoms with E-state index in [2.05, 4.69) is 70.7 Å². The van der Waals surface area contributed by atoms with Crippen molar-refractivity contribution in [3.05, 3.63) is 66.4 Å². The lowest BCUT2D eigenvalue weighted by molar-refractivity contribution is 0.284. The van der Waals surface area contributed by atoms with Gasteiger partial charge in [0.05, 0.1) is 5.52 Å². The smallest absolute Gasteiger partial charge is 0.139 e. The maximum Gasteiger partial charge on any atom is 0.139 e. The minimum Gasteiger partial charge on any atom is -0.466 e. The fraction of sp³-hybridized carbons (Fsp3) is 0.576. The zero-order valence-corrected chi connectivity index (χ0v) is 25.4. The van der Waals surface area contributed by atoms with E-state index < -0.39 is 0 Å². The van der Waals surface area contributed by atoms with Crippen LogP contribution in [0.15, 0.2) is 47.9 Å². The first-order valence-corrected chi connectivity index (χ1v) is 14.0. The maximum atomic E-state index is 5.67. The molecule has 0 bridgehead atoms. The quantitative estimate of drug-likeness (QED) is 0.331. The molecule has 1 aliphatic carbocycles. The van der Waals surface area contributed by atoms with E-state index in [1.54, 1.807) is 0 Å². The minimum absolute atomic E-state index is 0.137. The van der Waals surface area contributed by atoms with Gasteiger partial charge in [-0.15, -0.1) is 13.2 Å². The summed E-state index contributed by atoms with van der Waals surface area (Å²) in [5.74, 6) is 6.05. The Hall–Kier alpha value is -2.62. The molecule has 4 rings (SSSR count). The fourth-order valence-electron chi connectivity index (χ4n) is 4.49. The molecule has 0 unspecified atom stereocenters. The largest absolute Gasteiger partial charge is 0.466 e. The van der Waals surface area contributed by atoms with Crippen LogP contribution >= 0.6 is 0 Å². The van der Waals surface area contributed by atoms with Gasteiger partial charge in [-0.1, -0.05) is 85.8 Å². The highest BCUT2D eigenvalue weighted by atomic mass is 16.3. The van der Waals surface area contributed by atoms with Crippen molar-refractivity contribution in [2.75, 3.05) is 19.0 Å². The van der Waals surface area contributed by atoms with Crippen LogP contribution in [0.2, 0.25) is 0 Å². The van der Waals surface area contributed by atoms with Gasteiger partial charge in [0.1, 0.15) is 23.2 Å². The molecule has 206 valence electrons. The third-order valence-electron chi connectivity index (χ3n) is 6.97. The highest BCUT2D eigenvalue weighted by Gasteiger charge is 2.19. The van der Waals surface area contributed by atoms with Crippen LogP contribution in [0.25, 0.3) is 10.9 Å². The molecule has 4 nitrogen and oxygen atoms in total. The zero-order valence-electron chi connectivity index (χ0n) is 25.4. The number of para-hydroxylation sites is 1. The number of hydrogen-bond donors (Lipinski definition) is 0. The normalized spacial score (nSPS) is 16.9. The van der Waals surface area contributed by atoms with Crippen molar-refractivity contribution in [1.82, 2.24) is 9.97 Å². The predicted molar refractivity (Wildman–Crippen MR) is 163 cm³/mol. The zero-order chi connectivity index (χ0) is 28.2. The van der Waals surface area contributed by atoms with Gasteiger partial charge in [-0.05, 0) is 55.9 Å². The van der Waals surface area contributed by atoms with Crippen molar-refractivity contribution < 1.29 is 4.42 Å². The van der Waals surface area contributed by atoms with Gasteiger partial charge in [0.2, 0.25) is 0 Å². The standard InChI is InChI=1S/C11H13N3.C11H18O.C9H18.C2H4/c1-8-12-10-7-5-4-6-9(10)11(13-8)14(2)3;1-6-9-7-10(11(3,4)5)12-8(9)2;1-3-9-6-4-8(2)5-7-9;1-2/h4-7H,1-3H3;7H,6H2,1-5H3;8-9H,3-7H2,1-2H3;1-2H2. The maximum absolute atomic E-state index is 5.67. The lowest BCUT2D eigenvalue weighted by atomic mass is 9.82. The summed E-state index contributed by atoms with van der Waals surface area (Å²) in [6.45, 7) is 23.3. The summed E-state index contributed by atoms with van der Waals surface area (Å²) in [5.41, 5.74) is 2.47. The SMILES string of the molecule is C=C.CCC1CCC(C)CC1.CCc1cc(C(C)(C)C)oc1C.Cc1nc(N(C)C)c2ccccc2n1. The van der Waals surface area contributed by atoms with Gasteiger partial charge >= 0.3 is 0 Å². The van der Waals surface area contributed by atoms with Crippen LogP contribution in [0.3, 0.4) is 0 Å². The lowest BCUT2D eigenvalue weighted by Gasteiger charge is -2.24. The Labute approximate surface area is 227 Å². The van der Waals surface area contributed by atoms with Crippen LogP contribution in [0.1, 0.15) is 96.6 Å². The number of nitrogens with zero attached hydrogens (tertiary/aromatic N) is 3. The molecule has 4 heteroatoms. The summed E-state index contributed by atoms with van der Waals surface area (Å²) < 4.78 is 5.67. The van der Waals surface area contributed by atoms with Crippen LogP contribution < -0.4 is 4.90 Å². The summed E-state index contributed by atoms with van der Waals surface area (Å²) in [4.78, 5) is 10.8. The third-order valence-corrected chi connectivity index (χ3v) is 6.97. The number of aromatic nitrogens is 2. The van der Waals surface area contributed by atoms with Crippen molar-refractivity contribution in [3.8, 4) is 0 Å². The number of fused-ring (bicyclic) bond motifs is 1. The molecule has 3 aromatic rings. The van der Waals surface area contributed by atoms with Crippen molar-refractivity contribution in [2.45, 2.75) is 99.3 Å². The monoisotopic (exact) mass is 507 g/mol. The Morgan fingerprint density at radius 1 is 0.973 bits per heavy atom. The Bertz CT molecular complexity index is 1050. The number of hydrogen-bond acceptors (Lipinski definition) is 4. The van der Waals surface area contributed by atoms with E-state index in [1.165, 1.54) is 37.7 Å². The number of aryl methyl sites for hydroxylation is 3. The van der Waals surface area contributed by atoms with Crippen LogP contribution in [0.4, 0.5) is 5.82 Å². The molecule has 37 heavy (non-hydrogen) atoms. The van der Waals surface area contributed by atoms with Crippen molar-refractivity contribution in [2.24, 2.45) is 11.8 Å². The van der Waals surface area contributed by atoms with Gasteiger partial charge in [0.15, 0.2) is 0 Å². The number of benzene rings is 1. The highest BCUT2D eigenvalue weighted by molar-refractivity contribution is 5.89. The number of anilines is 1. The van der Waals surface area contributed by atoms with E-state index in [0.717, 1.165) is 52.3 Å². The number of furan rings is 1. The molecule has 0 aliphatic heterocycles. The van der Waals surface area contributed by atoms with E-state index in [9.17, 15) is 0 Å². The van der Waals surface area contributed by atoms with Gasteiger partial charge in [-0.2, -0.15) is 0 Å². The molecule has 0 amide bonds. The van der Waals surface area contributed by atoms with Crippen LogP contribution in [-0.4, -0.2) is 24.1 Å². The van der Waals surface area contributed by atoms with E-state index in [4.69, 9.17) is 4.42 Å². The van der Waals surface area contributed by atoms with E-state index >= 15 is 0 Å². The molecule has 0 radical (unpaired) electrons. The molecule has 0 saturated heterocycles. The van der Waals surface area contributed by atoms with Gasteiger partial charge in [0.25, 0.3) is 0 Å². The average molecular weight is 508 g/mol. The van der Waals surface area contributed by atoms with E-state index in [0.29, 0.717) is 0 Å². The first-order chi connectivity index (χ1) is 17.5. The summed E-state index contributed by atoms with van der Waals surface area (Å²) in [7, 11) is 3.99. The third kappa shape index (κ3) is 10.3.